The van der Waals surface area contributed by atoms with Gasteiger partial charge in [0.2, 0.25) is 11.8 Å². The number of carbonyl (C=O) groups excluding carboxylic acids is 2. The predicted octanol–water partition coefficient (Wildman–Crippen LogP) is 3.10. The molecule has 2 amide bonds. The molecule has 0 saturated carbocycles. The van der Waals surface area contributed by atoms with Crippen molar-refractivity contribution in [3.05, 3.63) is 42.0 Å². The van der Waals surface area contributed by atoms with Gasteiger partial charge in [0.05, 0.1) is 0 Å². The SMILES string of the molecule is O=C(CC1C=CCC1)Nc1cccc(CN2CCCC2=O)c1. The van der Waals surface area contributed by atoms with Crippen LogP contribution in [0.3, 0.4) is 0 Å². The number of amides is 2. The molecule has 1 atom stereocenters. The summed E-state index contributed by atoms with van der Waals surface area (Å²) in [6.07, 6.45) is 8.59. The lowest BCUT2D eigenvalue weighted by Gasteiger charge is -2.16. The zero-order valence-corrected chi connectivity index (χ0v) is 12.8. The van der Waals surface area contributed by atoms with Crippen molar-refractivity contribution in [3.63, 3.8) is 0 Å². The maximum Gasteiger partial charge on any atom is 0.224 e. The Morgan fingerprint density at radius 1 is 1.36 bits per heavy atom. The first kappa shape index (κ1) is 14.8. The minimum Gasteiger partial charge on any atom is -0.338 e. The second kappa shape index (κ2) is 6.77. The van der Waals surface area contributed by atoms with Crippen LogP contribution in [-0.4, -0.2) is 23.3 Å². The van der Waals surface area contributed by atoms with E-state index in [0.717, 1.165) is 37.1 Å². The van der Waals surface area contributed by atoms with E-state index >= 15 is 0 Å². The molecule has 0 radical (unpaired) electrons. The highest BCUT2D eigenvalue weighted by molar-refractivity contribution is 5.91. The first-order chi connectivity index (χ1) is 10.7. The quantitative estimate of drug-likeness (QED) is 0.849. The summed E-state index contributed by atoms with van der Waals surface area (Å²) >= 11 is 0. The van der Waals surface area contributed by atoms with Crippen molar-refractivity contribution in [2.45, 2.75) is 38.6 Å². The number of benzene rings is 1. The molecule has 1 heterocycles. The Labute approximate surface area is 131 Å². The van der Waals surface area contributed by atoms with Crippen LogP contribution in [0.1, 0.15) is 37.7 Å². The largest absolute Gasteiger partial charge is 0.338 e. The van der Waals surface area contributed by atoms with Crippen LogP contribution in [0.4, 0.5) is 5.69 Å². The van der Waals surface area contributed by atoms with Gasteiger partial charge in [-0.3, -0.25) is 9.59 Å². The molecule has 0 spiro atoms. The second-order valence-corrected chi connectivity index (χ2v) is 6.14. The van der Waals surface area contributed by atoms with E-state index in [2.05, 4.69) is 17.5 Å². The van der Waals surface area contributed by atoms with Gasteiger partial charge in [-0.25, -0.2) is 0 Å². The van der Waals surface area contributed by atoms with Gasteiger partial charge in [-0.2, -0.15) is 0 Å². The van der Waals surface area contributed by atoms with Crippen LogP contribution in [0.25, 0.3) is 0 Å². The zero-order chi connectivity index (χ0) is 15.4. The van der Waals surface area contributed by atoms with Gasteiger partial charge in [0, 0.05) is 31.6 Å². The van der Waals surface area contributed by atoms with Gasteiger partial charge in [-0.15, -0.1) is 0 Å². The number of nitrogens with one attached hydrogen (secondary N) is 1. The van der Waals surface area contributed by atoms with Gasteiger partial charge < -0.3 is 10.2 Å². The van der Waals surface area contributed by atoms with Crippen molar-refractivity contribution in [1.29, 1.82) is 0 Å². The predicted molar refractivity (Wildman–Crippen MR) is 86.2 cm³/mol. The van der Waals surface area contributed by atoms with E-state index in [9.17, 15) is 9.59 Å². The molecule has 2 aliphatic rings. The van der Waals surface area contributed by atoms with Gasteiger partial charge in [-0.05, 0) is 42.9 Å². The zero-order valence-electron chi connectivity index (χ0n) is 12.8. The average Bonchev–Trinajstić information content (AvgIpc) is 3.12. The van der Waals surface area contributed by atoms with E-state index in [1.165, 1.54) is 0 Å². The fourth-order valence-corrected chi connectivity index (χ4v) is 3.15. The first-order valence-corrected chi connectivity index (χ1v) is 8.04. The second-order valence-electron chi connectivity index (χ2n) is 6.14. The lowest BCUT2D eigenvalue weighted by atomic mass is 10.0. The van der Waals surface area contributed by atoms with Crippen molar-refractivity contribution >= 4 is 17.5 Å². The summed E-state index contributed by atoms with van der Waals surface area (Å²) in [7, 11) is 0. The van der Waals surface area contributed by atoms with Crippen molar-refractivity contribution in [1.82, 2.24) is 4.90 Å². The maximum absolute atomic E-state index is 12.1. The Morgan fingerprint density at radius 2 is 2.27 bits per heavy atom. The van der Waals surface area contributed by atoms with Gasteiger partial charge >= 0.3 is 0 Å². The average molecular weight is 298 g/mol. The fourth-order valence-electron chi connectivity index (χ4n) is 3.15. The molecule has 1 aromatic carbocycles. The van der Waals surface area contributed by atoms with E-state index < -0.39 is 0 Å². The van der Waals surface area contributed by atoms with Crippen LogP contribution in [0.15, 0.2) is 36.4 Å². The molecule has 116 valence electrons. The number of likely N-dealkylation sites (tertiary alicyclic amines) is 1. The smallest absolute Gasteiger partial charge is 0.224 e. The number of hydrogen-bond acceptors (Lipinski definition) is 2. The molecule has 1 aliphatic heterocycles. The highest BCUT2D eigenvalue weighted by Gasteiger charge is 2.20. The third-order valence-electron chi connectivity index (χ3n) is 4.32. The van der Waals surface area contributed by atoms with Crippen LogP contribution in [0.2, 0.25) is 0 Å². The Balaban J connectivity index is 1.57. The number of carbonyl (C=O) groups is 2. The van der Waals surface area contributed by atoms with Crippen LogP contribution in [-0.2, 0) is 16.1 Å². The lowest BCUT2D eigenvalue weighted by Crippen LogP contribution is -2.23. The first-order valence-electron chi connectivity index (χ1n) is 8.04. The molecule has 22 heavy (non-hydrogen) atoms. The number of anilines is 1. The number of rotatable bonds is 5. The highest BCUT2D eigenvalue weighted by Crippen LogP contribution is 2.22. The molecule has 0 aromatic heterocycles. The molecule has 1 aromatic rings. The summed E-state index contributed by atoms with van der Waals surface area (Å²) in [6.45, 7) is 1.47. The van der Waals surface area contributed by atoms with Crippen LogP contribution >= 0.6 is 0 Å². The molecule has 0 bridgehead atoms. The summed E-state index contributed by atoms with van der Waals surface area (Å²) in [5, 5.41) is 2.97. The number of allylic oxidation sites excluding steroid dienone is 2. The molecule has 4 nitrogen and oxygen atoms in total. The van der Waals surface area contributed by atoms with E-state index in [4.69, 9.17) is 0 Å². The van der Waals surface area contributed by atoms with E-state index in [0.29, 0.717) is 25.3 Å². The minimum absolute atomic E-state index is 0.0611. The fraction of sp³-hybridized carbons (Fsp3) is 0.444. The van der Waals surface area contributed by atoms with Crippen molar-refractivity contribution in [3.8, 4) is 0 Å². The Kier molecular flexibility index (Phi) is 4.56. The van der Waals surface area contributed by atoms with E-state index in [1.54, 1.807) is 0 Å². The molecule has 4 heteroatoms. The van der Waals surface area contributed by atoms with Gasteiger partial charge in [-0.1, -0.05) is 24.3 Å². The topological polar surface area (TPSA) is 49.4 Å². The number of hydrogen-bond donors (Lipinski definition) is 1. The minimum atomic E-state index is 0.0611. The standard InChI is InChI=1S/C18H22N2O2/c21-17(12-14-5-1-2-6-14)19-16-8-3-7-15(11-16)13-20-10-4-9-18(20)22/h1,3,5,7-8,11,14H,2,4,6,9-10,12-13H2,(H,19,21). The molecule has 1 N–H and O–H groups in total. The molecule has 1 fully saturated rings. The molecular formula is C18H22N2O2. The van der Waals surface area contributed by atoms with Crippen molar-refractivity contribution in [2.75, 3.05) is 11.9 Å². The Morgan fingerprint density at radius 3 is 3.00 bits per heavy atom. The molecule has 1 unspecified atom stereocenters. The summed E-state index contributed by atoms with van der Waals surface area (Å²) < 4.78 is 0. The third-order valence-corrected chi connectivity index (χ3v) is 4.32. The monoisotopic (exact) mass is 298 g/mol. The van der Waals surface area contributed by atoms with Gasteiger partial charge in [0.15, 0.2) is 0 Å². The van der Waals surface area contributed by atoms with Crippen LogP contribution in [0, 0.1) is 5.92 Å². The van der Waals surface area contributed by atoms with E-state index in [-0.39, 0.29) is 11.8 Å². The summed E-state index contributed by atoms with van der Waals surface area (Å²) in [6, 6.07) is 7.80. The maximum atomic E-state index is 12.1. The van der Waals surface area contributed by atoms with Gasteiger partial charge in [0.1, 0.15) is 0 Å². The lowest BCUT2D eigenvalue weighted by molar-refractivity contribution is -0.128. The van der Waals surface area contributed by atoms with Crippen molar-refractivity contribution in [2.24, 2.45) is 5.92 Å². The van der Waals surface area contributed by atoms with Gasteiger partial charge in [0.25, 0.3) is 0 Å². The summed E-state index contributed by atoms with van der Waals surface area (Å²) in [5.41, 5.74) is 1.88. The van der Waals surface area contributed by atoms with Crippen LogP contribution < -0.4 is 5.32 Å². The number of nitrogens with zero attached hydrogens (tertiary/aromatic N) is 1. The highest BCUT2D eigenvalue weighted by atomic mass is 16.2. The van der Waals surface area contributed by atoms with Crippen LogP contribution in [0.5, 0.6) is 0 Å². The third kappa shape index (κ3) is 3.75. The Hall–Kier alpha value is -2.10. The normalized spacial score (nSPS) is 20.6. The molecule has 3 rings (SSSR count). The summed E-state index contributed by atoms with van der Waals surface area (Å²) in [5.74, 6) is 0.666. The summed E-state index contributed by atoms with van der Waals surface area (Å²) in [4.78, 5) is 25.6. The Bertz CT molecular complexity index is 595. The van der Waals surface area contributed by atoms with E-state index in [1.807, 2.05) is 29.2 Å². The molecule has 1 aliphatic carbocycles. The molecule has 1 saturated heterocycles. The molecular weight excluding hydrogens is 276 g/mol. The van der Waals surface area contributed by atoms with Crippen molar-refractivity contribution < 1.29 is 9.59 Å².